The van der Waals surface area contributed by atoms with E-state index < -0.39 is 0 Å². The number of fused-ring (bicyclic) bond motifs is 1. The predicted molar refractivity (Wildman–Crippen MR) is 79.4 cm³/mol. The summed E-state index contributed by atoms with van der Waals surface area (Å²) in [6.45, 7) is 4.24. The van der Waals surface area contributed by atoms with Crippen molar-refractivity contribution in [2.45, 2.75) is 13.0 Å². The molecule has 0 saturated carbocycles. The van der Waals surface area contributed by atoms with Gasteiger partial charge in [0.15, 0.2) is 0 Å². The lowest BCUT2D eigenvalue weighted by atomic mass is 10.2. The maximum atomic E-state index is 5.85. The minimum Gasteiger partial charge on any atom is -0.367 e. The van der Waals surface area contributed by atoms with E-state index in [-0.39, 0.29) is 6.10 Å². The third kappa shape index (κ3) is 2.36. The first-order valence-electron chi connectivity index (χ1n) is 6.76. The summed E-state index contributed by atoms with van der Waals surface area (Å²) < 4.78 is 5.85. The van der Waals surface area contributed by atoms with Crippen LogP contribution in [0.15, 0.2) is 17.5 Å². The number of hydrogen-bond donors (Lipinski definition) is 1. The molecule has 1 fully saturated rings. The molecule has 4 heterocycles. The van der Waals surface area contributed by atoms with Crippen LogP contribution in [-0.4, -0.2) is 45.1 Å². The maximum Gasteiger partial charge on any atom is 0.203 e. The van der Waals surface area contributed by atoms with Crippen molar-refractivity contribution in [3.05, 3.63) is 28.2 Å². The molecular formula is C13H14N6OS. The fourth-order valence-corrected chi connectivity index (χ4v) is 3.26. The second-order valence-electron chi connectivity index (χ2n) is 4.97. The van der Waals surface area contributed by atoms with Crippen molar-refractivity contribution in [2.24, 2.45) is 0 Å². The zero-order valence-electron chi connectivity index (χ0n) is 11.5. The zero-order valence-corrected chi connectivity index (χ0v) is 12.3. The summed E-state index contributed by atoms with van der Waals surface area (Å²) >= 11 is 1.65. The second-order valence-corrected chi connectivity index (χ2v) is 5.86. The number of aromatic nitrogens is 5. The van der Waals surface area contributed by atoms with Gasteiger partial charge in [0.2, 0.25) is 5.65 Å². The number of aromatic amines is 1. The first-order chi connectivity index (χ1) is 10.3. The molecule has 1 aliphatic heterocycles. The van der Waals surface area contributed by atoms with Crippen molar-refractivity contribution in [3.8, 4) is 0 Å². The molecule has 0 bridgehead atoms. The van der Waals surface area contributed by atoms with E-state index in [4.69, 9.17) is 4.74 Å². The van der Waals surface area contributed by atoms with Gasteiger partial charge in [-0.2, -0.15) is 10.3 Å². The number of hydrogen-bond acceptors (Lipinski definition) is 7. The lowest BCUT2D eigenvalue weighted by molar-refractivity contribution is 0.0393. The Balaban J connectivity index is 1.59. The van der Waals surface area contributed by atoms with Crippen LogP contribution < -0.4 is 4.90 Å². The van der Waals surface area contributed by atoms with Gasteiger partial charge >= 0.3 is 0 Å². The van der Waals surface area contributed by atoms with Crippen molar-refractivity contribution in [1.82, 2.24) is 25.4 Å². The number of aryl methyl sites for hydroxylation is 1. The Labute approximate surface area is 125 Å². The molecule has 7 nitrogen and oxygen atoms in total. The van der Waals surface area contributed by atoms with E-state index in [1.54, 1.807) is 11.3 Å². The second kappa shape index (κ2) is 5.05. The highest BCUT2D eigenvalue weighted by Crippen LogP contribution is 2.27. The third-order valence-electron chi connectivity index (χ3n) is 3.47. The standard InChI is InChI=1S/C13H14N6OS/c1-8-7-21-13(14-8)10-6-19(4-5-20-10)11-3-2-9-12(15-11)17-18-16-9/h2-3,7,10H,4-6H2,1H3,(H,15,16,17,18). The smallest absolute Gasteiger partial charge is 0.203 e. The van der Waals surface area contributed by atoms with Crippen LogP contribution in [0.4, 0.5) is 5.82 Å². The quantitative estimate of drug-likeness (QED) is 0.776. The number of nitrogens with one attached hydrogen (secondary N) is 1. The molecule has 0 amide bonds. The van der Waals surface area contributed by atoms with Crippen molar-refractivity contribution in [1.29, 1.82) is 0 Å². The summed E-state index contributed by atoms with van der Waals surface area (Å²) in [5, 5.41) is 13.7. The van der Waals surface area contributed by atoms with Gasteiger partial charge < -0.3 is 9.64 Å². The molecule has 108 valence electrons. The Hall–Kier alpha value is -2.06. The van der Waals surface area contributed by atoms with Gasteiger partial charge in [0.05, 0.1) is 13.2 Å². The van der Waals surface area contributed by atoms with Crippen LogP contribution in [0.25, 0.3) is 11.2 Å². The number of rotatable bonds is 2. The number of anilines is 1. The number of nitrogens with zero attached hydrogens (tertiary/aromatic N) is 5. The van der Waals surface area contributed by atoms with Gasteiger partial charge in [0.1, 0.15) is 22.4 Å². The Kier molecular flexibility index (Phi) is 3.04. The van der Waals surface area contributed by atoms with Gasteiger partial charge in [-0.15, -0.1) is 16.4 Å². The van der Waals surface area contributed by atoms with E-state index in [9.17, 15) is 0 Å². The summed E-state index contributed by atoms with van der Waals surface area (Å²) in [6, 6.07) is 3.90. The molecule has 1 saturated heterocycles. The lowest BCUT2D eigenvalue weighted by Gasteiger charge is -2.32. The van der Waals surface area contributed by atoms with Gasteiger partial charge in [-0.1, -0.05) is 0 Å². The molecule has 1 N–H and O–H groups in total. The van der Waals surface area contributed by atoms with Crippen molar-refractivity contribution in [2.75, 3.05) is 24.6 Å². The molecule has 8 heteroatoms. The molecule has 1 aliphatic rings. The van der Waals surface area contributed by atoms with E-state index in [1.165, 1.54) is 0 Å². The fraction of sp³-hybridized carbons (Fsp3) is 0.385. The summed E-state index contributed by atoms with van der Waals surface area (Å²) in [5.41, 5.74) is 2.46. The Morgan fingerprint density at radius 2 is 2.29 bits per heavy atom. The molecule has 3 aromatic heterocycles. The Morgan fingerprint density at radius 1 is 1.33 bits per heavy atom. The van der Waals surface area contributed by atoms with Crippen molar-refractivity contribution in [3.63, 3.8) is 0 Å². The highest BCUT2D eigenvalue weighted by atomic mass is 32.1. The van der Waals surface area contributed by atoms with E-state index in [0.29, 0.717) is 12.3 Å². The number of thiazole rings is 1. The van der Waals surface area contributed by atoms with Gasteiger partial charge in [0.25, 0.3) is 0 Å². The number of ether oxygens (including phenoxy) is 1. The van der Waals surface area contributed by atoms with Crippen LogP contribution in [0.5, 0.6) is 0 Å². The Bertz CT molecular complexity index is 769. The van der Waals surface area contributed by atoms with E-state index in [2.05, 4.69) is 35.7 Å². The summed E-state index contributed by atoms with van der Waals surface area (Å²) in [6.07, 6.45) is 0.00672. The summed E-state index contributed by atoms with van der Waals surface area (Å²) in [5.74, 6) is 0.901. The lowest BCUT2D eigenvalue weighted by Crippen LogP contribution is -2.38. The van der Waals surface area contributed by atoms with Crippen LogP contribution in [-0.2, 0) is 4.74 Å². The van der Waals surface area contributed by atoms with Crippen LogP contribution in [0.3, 0.4) is 0 Å². The number of H-pyrrole nitrogens is 1. The van der Waals surface area contributed by atoms with Crippen LogP contribution in [0.2, 0.25) is 0 Å². The molecule has 4 rings (SSSR count). The van der Waals surface area contributed by atoms with E-state index in [1.807, 2.05) is 19.1 Å². The van der Waals surface area contributed by atoms with Crippen LogP contribution >= 0.6 is 11.3 Å². The molecule has 1 unspecified atom stereocenters. The average molecular weight is 302 g/mol. The summed E-state index contributed by atoms with van der Waals surface area (Å²) in [7, 11) is 0. The average Bonchev–Trinajstić information content (AvgIpc) is 3.15. The molecule has 3 aromatic rings. The fourth-order valence-electron chi connectivity index (χ4n) is 2.43. The third-order valence-corrected chi connectivity index (χ3v) is 4.52. The van der Waals surface area contributed by atoms with Crippen LogP contribution in [0.1, 0.15) is 16.8 Å². The SMILES string of the molecule is Cc1csc(C2CN(c3ccc4n[nH]nc4n3)CCO2)n1. The first kappa shape index (κ1) is 12.7. The van der Waals surface area contributed by atoms with Gasteiger partial charge in [0, 0.05) is 17.6 Å². The molecule has 0 aromatic carbocycles. The van der Waals surface area contributed by atoms with E-state index >= 15 is 0 Å². The minimum absolute atomic E-state index is 0.00672. The molecule has 1 atom stereocenters. The van der Waals surface area contributed by atoms with E-state index in [0.717, 1.165) is 35.1 Å². The predicted octanol–water partition coefficient (Wildman–Crippen LogP) is 1.70. The molecule has 0 spiro atoms. The molecule has 0 radical (unpaired) electrons. The Morgan fingerprint density at radius 3 is 3.14 bits per heavy atom. The normalized spacial score (nSPS) is 19.3. The minimum atomic E-state index is 0.00672. The zero-order chi connectivity index (χ0) is 14.2. The maximum absolute atomic E-state index is 5.85. The number of morpholine rings is 1. The van der Waals surface area contributed by atoms with Crippen LogP contribution in [0, 0.1) is 6.92 Å². The first-order valence-corrected chi connectivity index (χ1v) is 7.64. The van der Waals surface area contributed by atoms with Gasteiger partial charge in [-0.25, -0.2) is 9.97 Å². The topological polar surface area (TPSA) is 79.8 Å². The largest absolute Gasteiger partial charge is 0.367 e. The summed E-state index contributed by atoms with van der Waals surface area (Å²) in [4.78, 5) is 11.3. The molecule has 21 heavy (non-hydrogen) atoms. The number of pyridine rings is 1. The van der Waals surface area contributed by atoms with Crippen molar-refractivity contribution < 1.29 is 4.74 Å². The van der Waals surface area contributed by atoms with Gasteiger partial charge in [-0.05, 0) is 19.1 Å². The molecule has 0 aliphatic carbocycles. The molecular weight excluding hydrogens is 288 g/mol. The van der Waals surface area contributed by atoms with Crippen molar-refractivity contribution >= 4 is 28.3 Å². The highest BCUT2D eigenvalue weighted by Gasteiger charge is 2.25. The van der Waals surface area contributed by atoms with Gasteiger partial charge in [-0.3, -0.25) is 0 Å². The monoisotopic (exact) mass is 302 g/mol. The highest BCUT2D eigenvalue weighted by molar-refractivity contribution is 7.09.